The number of amides is 2. The number of carbonyl (C=O) groups excluding carboxylic acids is 2. The molecule has 20 heavy (non-hydrogen) atoms. The van der Waals surface area contributed by atoms with E-state index in [9.17, 15) is 14.4 Å². The Morgan fingerprint density at radius 3 is 2.45 bits per heavy atom. The minimum absolute atomic E-state index is 0.0295. The molecular formula is C12H20N2O4S2. The topological polar surface area (TPSA) is 95.5 Å². The normalized spacial score (nSPS) is 13.1. The van der Waals surface area contributed by atoms with E-state index >= 15 is 0 Å². The average Bonchev–Trinajstić information content (AvgIpc) is 2.40. The molecule has 0 saturated carbocycles. The van der Waals surface area contributed by atoms with Crippen LogP contribution in [-0.2, 0) is 14.4 Å². The summed E-state index contributed by atoms with van der Waals surface area (Å²) < 4.78 is 0. The van der Waals surface area contributed by atoms with Crippen LogP contribution in [0.1, 0.15) is 25.7 Å². The fourth-order valence-electron chi connectivity index (χ4n) is 1.29. The molecule has 0 aliphatic heterocycles. The number of hydrogen-bond donors (Lipinski definition) is 5. The second-order valence-electron chi connectivity index (χ2n) is 4.11. The van der Waals surface area contributed by atoms with E-state index in [0.29, 0.717) is 19.4 Å². The lowest BCUT2D eigenvalue weighted by molar-refractivity contribution is -0.137. The summed E-state index contributed by atoms with van der Waals surface area (Å²) in [6.45, 7) is 3.66. The Kier molecular flexibility index (Phi) is 10.0. The summed E-state index contributed by atoms with van der Waals surface area (Å²) in [7, 11) is 0. The van der Waals surface area contributed by atoms with Gasteiger partial charge in [0.25, 0.3) is 0 Å². The third-order valence-corrected chi connectivity index (χ3v) is 3.68. The van der Waals surface area contributed by atoms with Gasteiger partial charge in [0.15, 0.2) is 0 Å². The highest BCUT2D eigenvalue weighted by Gasteiger charge is 2.16. The van der Waals surface area contributed by atoms with E-state index in [1.165, 1.54) is 0 Å². The van der Waals surface area contributed by atoms with Crippen LogP contribution in [0, 0.1) is 0 Å². The number of carboxylic acids is 1. The molecule has 0 aliphatic rings. The van der Waals surface area contributed by atoms with E-state index in [1.807, 2.05) is 0 Å². The zero-order chi connectivity index (χ0) is 15.5. The number of thiol groups is 2. The standard InChI is InChI=1S/C12H20N2O4S2/c1-2-9(15)14-12(20)8(19)5-6-10(16)13-7-3-4-11(17)18/h2,8,12,19-20H,1,3-7H2,(H,13,16)(H,14,15)(H,17,18). The van der Waals surface area contributed by atoms with Gasteiger partial charge in [0.2, 0.25) is 11.8 Å². The number of rotatable bonds is 10. The number of aliphatic carboxylic acids is 1. The molecule has 3 N–H and O–H groups in total. The Labute approximate surface area is 129 Å². The van der Waals surface area contributed by atoms with Gasteiger partial charge in [0.1, 0.15) is 0 Å². The van der Waals surface area contributed by atoms with Gasteiger partial charge in [0.05, 0.1) is 5.37 Å². The molecule has 0 bridgehead atoms. The number of hydrogen-bond acceptors (Lipinski definition) is 5. The van der Waals surface area contributed by atoms with E-state index in [4.69, 9.17) is 5.11 Å². The molecule has 0 rings (SSSR count). The van der Waals surface area contributed by atoms with Gasteiger partial charge < -0.3 is 15.7 Å². The monoisotopic (exact) mass is 320 g/mol. The zero-order valence-electron chi connectivity index (χ0n) is 11.0. The lowest BCUT2D eigenvalue weighted by Crippen LogP contribution is -2.36. The van der Waals surface area contributed by atoms with E-state index in [1.54, 1.807) is 0 Å². The van der Waals surface area contributed by atoms with Gasteiger partial charge in [-0.05, 0) is 18.9 Å². The van der Waals surface area contributed by atoms with Crippen molar-refractivity contribution in [1.29, 1.82) is 0 Å². The van der Waals surface area contributed by atoms with Crippen LogP contribution in [0.5, 0.6) is 0 Å². The van der Waals surface area contributed by atoms with Gasteiger partial charge in [-0.15, -0.1) is 0 Å². The van der Waals surface area contributed by atoms with Crippen LogP contribution in [-0.4, -0.2) is 40.1 Å². The van der Waals surface area contributed by atoms with Crippen LogP contribution >= 0.6 is 25.3 Å². The fraction of sp³-hybridized carbons (Fsp3) is 0.583. The molecule has 0 saturated heterocycles. The van der Waals surface area contributed by atoms with Crippen molar-refractivity contribution in [2.45, 2.75) is 36.3 Å². The molecule has 0 aromatic rings. The van der Waals surface area contributed by atoms with Crippen molar-refractivity contribution < 1.29 is 19.5 Å². The summed E-state index contributed by atoms with van der Waals surface area (Å²) in [5, 5.41) is 12.9. The van der Waals surface area contributed by atoms with E-state index in [0.717, 1.165) is 6.08 Å². The van der Waals surface area contributed by atoms with Crippen LogP contribution in [0.4, 0.5) is 0 Å². The van der Waals surface area contributed by atoms with E-state index in [-0.39, 0.29) is 29.9 Å². The summed E-state index contributed by atoms with van der Waals surface area (Å²) in [4.78, 5) is 32.8. The number of nitrogens with one attached hydrogen (secondary N) is 2. The minimum Gasteiger partial charge on any atom is -0.481 e. The van der Waals surface area contributed by atoms with E-state index < -0.39 is 11.3 Å². The van der Waals surface area contributed by atoms with Gasteiger partial charge in [-0.2, -0.15) is 25.3 Å². The maximum absolute atomic E-state index is 11.5. The highest BCUT2D eigenvalue weighted by molar-refractivity contribution is 7.85. The van der Waals surface area contributed by atoms with Crippen molar-refractivity contribution in [3.8, 4) is 0 Å². The zero-order valence-corrected chi connectivity index (χ0v) is 12.8. The Bertz CT molecular complexity index is 363. The maximum atomic E-state index is 11.5. The smallest absolute Gasteiger partial charge is 0.303 e. The van der Waals surface area contributed by atoms with Crippen molar-refractivity contribution in [2.24, 2.45) is 0 Å². The largest absolute Gasteiger partial charge is 0.481 e. The second-order valence-corrected chi connectivity index (χ2v) is 5.33. The van der Waals surface area contributed by atoms with Crippen molar-refractivity contribution in [2.75, 3.05) is 6.54 Å². The first kappa shape index (κ1) is 18.9. The molecule has 2 amide bonds. The predicted molar refractivity (Wildman–Crippen MR) is 83.0 cm³/mol. The summed E-state index contributed by atoms with van der Waals surface area (Å²) in [5.41, 5.74) is 0. The summed E-state index contributed by atoms with van der Waals surface area (Å²) >= 11 is 8.44. The molecule has 0 heterocycles. The molecule has 0 aromatic carbocycles. The Morgan fingerprint density at radius 2 is 1.90 bits per heavy atom. The van der Waals surface area contributed by atoms with Gasteiger partial charge in [-0.3, -0.25) is 14.4 Å². The molecular weight excluding hydrogens is 300 g/mol. The van der Waals surface area contributed by atoms with Gasteiger partial charge in [-0.25, -0.2) is 0 Å². The molecule has 2 atom stereocenters. The van der Waals surface area contributed by atoms with Gasteiger partial charge >= 0.3 is 5.97 Å². The fourth-order valence-corrected chi connectivity index (χ4v) is 1.77. The first-order chi connectivity index (χ1) is 9.36. The van der Waals surface area contributed by atoms with Crippen molar-refractivity contribution >= 4 is 43.0 Å². The molecule has 8 heteroatoms. The molecule has 6 nitrogen and oxygen atoms in total. The third kappa shape index (κ3) is 9.74. The molecule has 0 aliphatic carbocycles. The van der Waals surface area contributed by atoms with Gasteiger partial charge in [-0.1, -0.05) is 6.58 Å². The predicted octanol–water partition coefficient (Wildman–Crippen LogP) is 0.604. The van der Waals surface area contributed by atoms with Crippen LogP contribution in [0.25, 0.3) is 0 Å². The number of carbonyl (C=O) groups is 3. The summed E-state index contributed by atoms with van der Waals surface area (Å²) in [6, 6.07) is 0. The number of carboxylic acid groups (broad SMARTS) is 1. The minimum atomic E-state index is -0.884. The second kappa shape index (κ2) is 10.6. The molecule has 0 radical (unpaired) electrons. The molecule has 0 aromatic heterocycles. The van der Waals surface area contributed by atoms with Crippen molar-refractivity contribution in [1.82, 2.24) is 10.6 Å². The van der Waals surface area contributed by atoms with Crippen LogP contribution in [0.3, 0.4) is 0 Å². The summed E-state index contributed by atoms with van der Waals surface area (Å²) in [5.74, 6) is -1.40. The molecule has 2 unspecified atom stereocenters. The lowest BCUT2D eigenvalue weighted by atomic mass is 10.2. The highest BCUT2D eigenvalue weighted by atomic mass is 32.1. The summed E-state index contributed by atoms with van der Waals surface area (Å²) in [6.07, 6.45) is 2.25. The third-order valence-electron chi connectivity index (χ3n) is 2.40. The Morgan fingerprint density at radius 1 is 1.25 bits per heavy atom. The van der Waals surface area contributed by atoms with Crippen molar-refractivity contribution in [3.05, 3.63) is 12.7 Å². The van der Waals surface area contributed by atoms with Gasteiger partial charge in [0, 0.05) is 24.6 Å². The van der Waals surface area contributed by atoms with Crippen LogP contribution < -0.4 is 10.6 Å². The van der Waals surface area contributed by atoms with Crippen LogP contribution in [0.2, 0.25) is 0 Å². The Balaban J connectivity index is 3.79. The lowest BCUT2D eigenvalue weighted by Gasteiger charge is -2.18. The van der Waals surface area contributed by atoms with Crippen molar-refractivity contribution in [3.63, 3.8) is 0 Å². The molecule has 0 fully saturated rings. The first-order valence-corrected chi connectivity index (χ1v) is 7.17. The SMILES string of the molecule is C=CC(=O)NC(S)C(S)CCC(=O)NCCCC(=O)O. The van der Waals surface area contributed by atoms with E-state index in [2.05, 4.69) is 42.5 Å². The first-order valence-electron chi connectivity index (χ1n) is 6.14. The van der Waals surface area contributed by atoms with Crippen LogP contribution in [0.15, 0.2) is 12.7 Å². The Hall–Kier alpha value is -1.15. The molecule has 114 valence electrons. The average molecular weight is 320 g/mol. The quantitative estimate of drug-likeness (QED) is 0.176. The molecule has 0 spiro atoms. The highest BCUT2D eigenvalue weighted by Crippen LogP contribution is 2.12. The maximum Gasteiger partial charge on any atom is 0.303 e.